The highest BCUT2D eigenvalue weighted by Crippen LogP contribution is 2.37. The van der Waals surface area contributed by atoms with E-state index in [1.165, 1.54) is 11.0 Å². The van der Waals surface area contributed by atoms with Gasteiger partial charge in [0.2, 0.25) is 5.91 Å². The van der Waals surface area contributed by atoms with Crippen molar-refractivity contribution in [2.24, 2.45) is 5.92 Å². The zero-order valence-electron chi connectivity index (χ0n) is 8.56. The van der Waals surface area contributed by atoms with Crippen molar-refractivity contribution in [2.45, 2.75) is 6.42 Å². The highest BCUT2D eigenvalue weighted by atomic mass is 35.5. The van der Waals surface area contributed by atoms with Gasteiger partial charge in [-0.2, -0.15) is 0 Å². The number of aromatic hydroxyl groups is 1. The lowest BCUT2D eigenvalue weighted by atomic mass is 10.1. The number of rotatable bonds is 2. The molecule has 1 aliphatic heterocycles. The Labute approximate surface area is 98.1 Å². The van der Waals surface area contributed by atoms with Crippen LogP contribution in [-0.4, -0.2) is 29.3 Å². The Balaban J connectivity index is 2.35. The number of hydrogen-bond donors (Lipinski definition) is 2. The van der Waals surface area contributed by atoms with Crippen molar-refractivity contribution < 1.29 is 15.0 Å². The topological polar surface area (TPSA) is 60.8 Å². The summed E-state index contributed by atoms with van der Waals surface area (Å²) in [4.78, 5) is 13.1. The van der Waals surface area contributed by atoms with Gasteiger partial charge in [0.25, 0.3) is 0 Å². The smallest absolute Gasteiger partial charge is 0.227 e. The molecule has 1 aliphatic rings. The van der Waals surface area contributed by atoms with Gasteiger partial charge in [-0.25, -0.2) is 0 Å². The third-order valence-corrected chi connectivity index (χ3v) is 3.00. The van der Waals surface area contributed by atoms with Crippen LogP contribution in [0.15, 0.2) is 18.2 Å². The summed E-state index contributed by atoms with van der Waals surface area (Å²) in [6.45, 7) is 0.361. The van der Waals surface area contributed by atoms with Crippen LogP contribution >= 0.6 is 11.6 Å². The largest absolute Gasteiger partial charge is 0.506 e. The Kier molecular flexibility index (Phi) is 3.03. The van der Waals surface area contributed by atoms with E-state index in [9.17, 15) is 9.90 Å². The van der Waals surface area contributed by atoms with Gasteiger partial charge in [-0.3, -0.25) is 4.79 Å². The normalized spacial score (nSPS) is 20.5. The van der Waals surface area contributed by atoms with Crippen molar-refractivity contribution >= 4 is 23.2 Å². The first kappa shape index (κ1) is 11.2. The number of phenolic OH excluding ortho intramolecular Hbond substituents is 1. The second kappa shape index (κ2) is 4.31. The number of phenols is 1. The number of carbonyl (C=O) groups excluding carboxylic acids is 1. The van der Waals surface area contributed by atoms with Crippen LogP contribution in [0.2, 0.25) is 5.02 Å². The van der Waals surface area contributed by atoms with Gasteiger partial charge in [0.1, 0.15) is 11.4 Å². The van der Waals surface area contributed by atoms with E-state index >= 15 is 0 Å². The van der Waals surface area contributed by atoms with Crippen molar-refractivity contribution in [3.63, 3.8) is 0 Å². The third kappa shape index (κ3) is 1.86. The Morgan fingerprint density at radius 3 is 2.81 bits per heavy atom. The number of nitrogens with zero attached hydrogens (tertiary/aromatic N) is 1. The Bertz CT molecular complexity index is 401. The minimum atomic E-state index is -0.123. The van der Waals surface area contributed by atoms with E-state index in [1.54, 1.807) is 12.1 Å². The SMILES string of the molecule is O=C1CC(CO)CN1c1c(O)cccc1Cl. The molecule has 1 atom stereocenters. The average Bonchev–Trinajstić information content (AvgIpc) is 2.60. The van der Waals surface area contributed by atoms with Crippen LogP contribution in [0.3, 0.4) is 0 Å². The minimum absolute atomic E-state index is 0.0144. The molecule has 1 aromatic carbocycles. The molecule has 16 heavy (non-hydrogen) atoms. The summed E-state index contributed by atoms with van der Waals surface area (Å²) in [5, 5.41) is 19.0. The molecule has 2 rings (SSSR count). The lowest BCUT2D eigenvalue weighted by Gasteiger charge is -2.19. The van der Waals surface area contributed by atoms with E-state index in [0.29, 0.717) is 23.7 Å². The Morgan fingerprint density at radius 1 is 1.50 bits per heavy atom. The first-order chi connectivity index (χ1) is 7.63. The van der Waals surface area contributed by atoms with E-state index in [-0.39, 0.29) is 24.2 Å². The van der Waals surface area contributed by atoms with E-state index < -0.39 is 0 Å². The van der Waals surface area contributed by atoms with Crippen molar-refractivity contribution in [1.29, 1.82) is 0 Å². The van der Waals surface area contributed by atoms with Gasteiger partial charge in [0.15, 0.2) is 0 Å². The molecule has 4 nitrogen and oxygen atoms in total. The monoisotopic (exact) mass is 241 g/mol. The van der Waals surface area contributed by atoms with Crippen LogP contribution in [0.4, 0.5) is 5.69 Å². The number of carbonyl (C=O) groups is 1. The van der Waals surface area contributed by atoms with Crippen molar-refractivity contribution in [3.05, 3.63) is 23.2 Å². The summed E-state index contributed by atoms with van der Waals surface area (Å²) in [5.41, 5.74) is 0.338. The molecule has 86 valence electrons. The van der Waals surface area contributed by atoms with E-state index in [4.69, 9.17) is 16.7 Å². The molecule has 0 aromatic heterocycles. The van der Waals surface area contributed by atoms with Gasteiger partial charge in [-0.1, -0.05) is 17.7 Å². The summed E-state index contributed by atoms with van der Waals surface area (Å²) in [6, 6.07) is 4.72. The Morgan fingerprint density at radius 2 is 2.25 bits per heavy atom. The summed E-state index contributed by atoms with van der Waals surface area (Å²) in [6.07, 6.45) is 0.293. The molecule has 2 N–H and O–H groups in total. The number of halogens is 1. The molecule has 5 heteroatoms. The maximum atomic E-state index is 11.7. The zero-order valence-corrected chi connectivity index (χ0v) is 9.31. The average molecular weight is 242 g/mol. The van der Waals surface area contributed by atoms with E-state index in [1.807, 2.05) is 0 Å². The zero-order chi connectivity index (χ0) is 11.7. The number of para-hydroxylation sites is 1. The van der Waals surface area contributed by atoms with Crippen LogP contribution < -0.4 is 4.90 Å². The van der Waals surface area contributed by atoms with Crippen molar-refractivity contribution in [1.82, 2.24) is 0 Å². The highest BCUT2D eigenvalue weighted by Gasteiger charge is 2.32. The van der Waals surface area contributed by atoms with Gasteiger partial charge >= 0.3 is 0 Å². The number of hydrogen-bond acceptors (Lipinski definition) is 3. The molecule has 1 aromatic rings. The first-order valence-electron chi connectivity index (χ1n) is 5.02. The second-order valence-electron chi connectivity index (χ2n) is 3.86. The number of anilines is 1. The molecule has 1 unspecified atom stereocenters. The standard InChI is InChI=1S/C11H12ClNO3/c12-8-2-1-3-9(15)11(8)13-5-7(6-14)4-10(13)16/h1-3,7,14-15H,4-6H2. The number of aliphatic hydroxyl groups excluding tert-OH is 1. The summed E-state index contributed by atoms with van der Waals surface area (Å²) in [5.74, 6) is -0.218. The molecule has 0 aliphatic carbocycles. The van der Waals surface area contributed by atoms with Crippen LogP contribution in [0.5, 0.6) is 5.75 Å². The predicted octanol–water partition coefficient (Wildman–Crippen LogP) is 1.39. The minimum Gasteiger partial charge on any atom is -0.506 e. The Hall–Kier alpha value is -1.26. The summed E-state index contributed by atoms with van der Waals surface area (Å²) in [7, 11) is 0. The molecule has 0 saturated carbocycles. The second-order valence-corrected chi connectivity index (χ2v) is 4.27. The maximum absolute atomic E-state index is 11.7. The van der Waals surface area contributed by atoms with E-state index in [0.717, 1.165) is 0 Å². The maximum Gasteiger partial charge on any atom is 0.227 e. The van der Waals surface area contributed by atoms with Crippen LogP contribution in [0.1, 0.15) is 6.42 Å². The lowest BCUT2D eigenvalue weighted by molar-refractivity contribution is -0.117. The van der Waals surface area contributed by atoms with Crippen LogP contribution in [-0.2, 0) is 4.79 Å². The van der Waals surface area contributed by atoms with Gasteiger partial charge in [-0.05, 0) is 12.1 Å². The fraction of sp³-hybridized carbons (Fsp3) is 0.364. The number of benzene rings is 1. The highest BCUT2D eigenvalue weighted by molar-refractivity contribution is 6.34. The molecule has 0 radical (unpaired) electrons. The molecule has 1 saturated heterocycles. The van der Waals surface area contributed by atoms with Crippen LogP contribution in [0, 0.1) is 5.92 Å². The number of aliphatic hydroxyl groups is 1. The molecule has 1 heterocycles. The quantitative estimate of drug-likeness (QED) is 0.823. The van der Waals surface area contributed by atoms with Gasteiger partial charge in [0, 0.05) is 25.5 Å². The van der Waals surface area contributed by atoms with Crippen molar-refractivity contribution in [2.75, 3.05) is 18.1 Å². The van der Waals surface area contributed by atoms with Gasteiger partial charge < -0.3 is 15.1 Å². The lowest BCUT2D eigenvalue weighted by Crippen LogP contribution is -2.25. The molecular formula is C11H12ClNO3. The first-order valence-corrected chi connectivity index (χ1v) is 5.40. The molecule has 0 bridgehead atoms. The third-order valence-electron chi connectivity index (χ3n) is 2.70. The van der Waals surface area contributed by atoms with Crippen molar-refractivity contribution in [3.8, 4) is 5.75 Å². The predicted molar refractivity (Wildman–Crippen MR) is 60.7 cm³/mol. The fourth-order valence-electron chi connectivity index (χ4n) is 1.89. The molecule has 1 amide bonds. The molecule has 0 spiro atoms. The van der Waals surface area contributed by atoms with Gasteiger partial charge in [-0.15, -0.1) is 0 Å². The summed E-state index contributed by atoms with van der Waals surface area (Å²) >= 11 is 5.95. The van der Waals surface area contributed by atoms with Gasteiger partial charge in [0.05, 0.1) is 5.02 Å². The van der Waals surface area contributed by atoms with E-state index in [2.05, 4.69) is 0 Å². The molecular weight excluding hydrogens is 230 g/mol. The fourth-order valence-corrected chi connectivity index (χ4v) is 2.16. The summed E-state index contributed by atoms with van der Waals surface area (Å²) < 4.78 is 0. The van der Waals surface area contributed by atoms with Crippen LogP contribution in [0.25, 0.3) is 0 Å². The number of amides is 1. The molecule has 1 fully saturated rings.